The van der Waals surface area contributed by atoms with Crippen molar-refractivity contribution in [3.8, 4) is 11.5 Å². The molecule has 1 saturated heterocycles. The highest BCUT2D eigenvalue weighted by molar-refractivity contribution is 6.18. The molecule has 2 N–H and O–H groups in total. The molecule has 0 aromatic heterocycles. The Kier molecular flexibility index (Phi) is 14.3. The van der Waals surface area contributed by atoms with Crippen molar-refractivity contribution in [2.75, 3.05) is 65.6 Å². The fourth-order valence-electron chi connectivity index (χ4n) is 8.52. The van der Waals surface area contributed by atoms with Crippen molar-refractivity contribution in [2.24, 2.45) is 22.9 Å². The van der Waals surface area contributed by atoms with E-state index < -0.39 is 23.8 Å². The second-order valence-electron chi connectivity index (χ2n) is 14.6. The molecule has 2 aliphatic heterocycles. The van der Waals surface area contributed by atoms with Crippen molar-refractivity contribution in [1.82, 2.24) is 9.80 Å². The highest BCUT2D eigenvalue weighted by Gasteiger charge is 2.65. The number of unbranched alkanes of at least 4 members (excludes halogenated alkanes) is 2. The van der Waals surface area contributed by atoms with Gasteiger partial charge in [0.25, 0.3) is 0 Å². The van der Waals surface area contributed by atoms with Gasteiger partial charge < -0.3 is 38.9 Å². The van der Waals surface area contributed by atoms with E-state index in [1.54, 1.807) is 18.0 Å². The van der Waals surface area contributed by atoms with E-state index in [-0.39, 0.29) is 63.1 Å². The van der Waals surface area contributed by atoms with E-state index in [2.05, 4.69) is 23.6 Å². The number of allylic oxidation sites excluding steroid dienone is 1. The van der Waals surface area contributed by atoms with Gasteiger partial charge in [-0.3, -0.25) is 4.90 Å². The number of oxime groups is 1. The van der Waals surface area contributed by atoms with Gasteiger partial charge in [-0.2, -0.15) is 0 Å². The zero-order valence-electron chi connectivity index (χ0n) is 31.5. The maximum absolute atomic E-state index is 13.7. The molecular formula is C42H56ClN3O8. The van der Waals surface area contributed by atoms with Gasteiger partial charge in [-0.05, 0) is 66.9 Å². The van der Waals surface area contributed by atoms with E-state index in [0.29, 0.717) is 25.2 Å². The van der Waals surface area contributed by atoms with Gasteiger partial charge in [0.2, 0.25) is 5.79 Å². The second-order valence-corrected chi connectivity index (χ2v) is 15.0. The number of hydrogen-bond acceptors (Lipinski definition) is 10. The lowest BCUT2D eigenvalue weighted by molar-refractivity contribution is -0.253. The van der Waals surface area contributed by atoms with Crippen molar-refractivity contribution in [3.05, 3.63) is 84.0 Å². The molecule has 294 valence electrons. The van der Waals surface area contributed by atoms with Crippen molar-refractivity contribution < 1.29 is 38.8 Å². The van der Waals surface area contributed by atoms with Crippen LogP contribution < -0.4 is 9.47 Å². The Morgan fingerprint density at radius 3 is 2.59 bits per heavy atom. The Labute approximate surface area is 324 Å². The number of aliphatic hydroxyl groups is 2. The number of aliphatic hydroxyl groups excluding tert-OH is 2. The van der Waals surface area contributed by atoms with Gasteiger partial charge in [0.05, 0.1) is 24.1 Å². The van der Waals surface area contributed by atoms with Crippen LogP contribution in [0.25, 0.3) is 0 Å². The number of alkyl halides is 1. The Morgan fingerprint density at radius 2 is 1.87 bits per heavy atom. The van der Waals surface area contributed by atoms with Crippen LogP contribution in [0.15, 0.2) is 78.0 Å². The van der Waals surface area contributed by atoms with Crippen LogP contribution in [0.2, 0.25) is 0 Å². The van der Waals surface area contributed by atoms with Gasteiger partial charge in [-0.1, -0.05) is 60.5 Å². The van der Waals surface area contributed by atoms with Crippen LogP contribution >= 0.6 is 11.6 Å². The molecule has 1 saturated carbocycles. The molecule has 0 spiro atoms. The summed E-state index contributed by atoms with van der Waals surface area (Å²) >= 11 is 5.94. The van der Waals surface area contributed by atoms with Gasteiger partial charge in [0.15, 0.2) is 0 Å². The van der Waals surface area contributed by atoms with Crippen LogP contribution in [0.1, 0.15) is 62.0 Å². The summed E-state index contributed by atoms with van der Waals surface area (Å²) in [5.41, 5.74) is 3.70. The monoisotopic (exact) mass is 765 g/mol. The minimum absolute atomic E-state index is 0.0585. The minimum atomic E-state index is -1.35. The lowest BCUT2D eigenvalue weighted by atomic mass is 9.55. The van der Waals surface area contributed by atoms with E-state index in [9.17, 15) is 15.0 Å². The quantitative estimate of drug-likeness (QED) is 0.0481. The standard InChI is InChI=1S/C42H56ClN3O8/c1-3-23-52-42-38(45(2)41(49)51-24-17-43)28-36(44-53-29-30-11-5-4-6-12-30)34-26-31(13-7-9-21-47)33(14-8-10-22-48)39(40(34)42)35-27-32(15-16-37(35)54-42)50-25-20-46-18-19-46/h3-6,11-12,15-16,26-27,31,33,38-40,47-48H,1,7-10,13-14,17-25,28-29H2,2H3/t31-,33+,38-,39+,40+,42+/m0/s1. The first-order chi connectivity index (χ1) is 26.4. The average Bonchev–Trinajstić information content (AvgIpc) is 4.02. The van der Waals surface area contributed by atoms with E-state index in [0.717, 1.165) is 73.5 Å². The molecule has 6 atom stereocenters. The predicted molar refractivity (Wildman–Crippen MR) is 208 cm³/mol. The number of ether oxygens (including phenoxy) is 4. The molecule has 2 heterocycles. The van der Waals surface area contributed by atoms with E-state index in [1.807, 2.05) is 42.5 Å². The molecular weight excluding hydrogens is 710 g/mol. The fourth-order valence-corrected chi connectivity index (χ4v) is 8.60. The first-order valence-electron chi connectivity index (χ1n) is 19.5. The zero-order chi connectivity index (χ0) is 37.9. The summed E-state index contributed by atoms with van der Waals surface area (Å²) in [5.74, 6) is -0.0380. The van der Waals surface area contributed by atoms with Crippen molar-refractivity contribution in [2.45, 2.75) is 69.3 Å². The number of halogens is 1. The highest BCUT2D eigenvalue weighted by atomic mass is 35.5. The molecule has 1 amide bonds. The molecule has 0 unspecified atom stereocenters. The summed E-state index contributed by atoms with van der Waals surface area (Å²) in [6.07, 6.45) is 8.57. The summed E-state index contributed by atoms with van der Waals surface area (Å²) in [5, 5.41) is 24.5. The third-order valence-corrected chi connectivity index (χ3v) is 11.3. The van der Waals surface area contributed by atoms with Crippen LogP contribution in [0.5, 0.6) is 11.5 Å². The average molecular weight is 766 g/mol. The van der Waals surface area contributed by atoms with Crippen LogP contribution in [0.3, 0.4) is 0 Å². The number of carbonyl (C=O) groups is 1. The van der Waals surface area contributed by atoms with E-state index >= 15 is 0 Å². The Morgan fingerprint density at radius 1 is 1.09 bits per heavy atom. The van der Waals surface area contributed by atoms with Gasteiger partial charge in [-0.25, -0.2) is 4.79 Å². The normalized spacial score (nSPS) is 26.2. The first-order valence-corrected chi connectivity index (χ1v) is 20.0. The summed E-state index contributed by atoms with van der Waals surface area (Å²) in [6.45, 7) is 8.41. The third kappa shape index (κ3) is 9.25. The Hall–Kier alpha value is -3.61. The number of rotatable bonds is 21. The molecule has 12 heteroatoms. The third-order valence-electron chi connectivity index (χ3n) is 11.2. The molecule has 2 aromatic carbocycles. The maximum Gasteiger partial charge on any atom is 0.410 e. The van der Waals surface area contributed by atoms with Crippen LogP contribution in [-0.4, -0.2) is 109 Å². The van der Waals surface area contributed by atoms with Crippen molar-refractivity contribution in [3.63, 3.8) is 0 Å². The molecule has 2 aromatic rings. The largest absolute Gasteiger partial charge is 0.492 e. The molecule has 54 heavy (non-hydrogen) atoms. The summed E-state index contributed by atoms with van der Waals surface area (Å²) in [7, 11) is 1.71. The van der Waals surface area contributed by atoms with Gasteiger partial charge in [0, 0.05) is 57.8 Å². The lowest BCUT2D eigenvalue weighted by Gasteiger charge is -2.59. The summed E-state index contributed by atoms with van der Waals surface area (Å²) < 4.78 is 26.0. The SMILES string of the molecule is C=CCO[C@@]12Oc3ccc(OCCN4CC4)cc3[C@H]3[C@H](CCCCO)[C@@H](CCCCO)C=C(C(=NOCc4ccccc4)C[C@@H]1N(C)C(=O)OCCCl)[C@H]32. The second kappa shape index (κ2) is 19.3. The number of fused-ring (bicyclic) bond motifs is 2. The van der Waals surface area contributed by atoms with E-state index in [1.165, 1.54) is 0 Å². The van der Waals surface area contributed by atoms with E-state index in [4.69, 9.17) is 40.5 Å². The molecule has 4 aliphatic rings. The number of benzene rings is 2. The summed E-state index contributed by atoms with van der Waals surface area (Å²) in [4.78, 5) is 23.7. The zero-order valence-corrected chi connectivity index (χ0v) is 32.2. The molecule has 2 fully saturated rings. The number of carbonyl (C=O) groups excluding carboxylic acids is 1. The molecule has 0 radical (unpaired) electrons. The van der Waals surface area contributed by atoms with Crippen molar-refractivity contribution >= 4 is 23.4 Å². The molecule has 11 nitrogen and oxygen atoms in total. The topological polar surface area (TPSA) is 122 Å². The van der Waals surface area contributed by atoms with Gasteiger partial charge in [-0.15, -0.1) is 18.2 Å². The number of likely N-dealkylation sites (N-methyl/N-ethyl adjacent to an activating group) is 1. The predicted octanol–water partition coefficient (Wildman–Crippen LogP) is 6.52. The Balaban J connectivity index is 1.51. The summed E-state index contributed by atoms with van der Waals surface area (Å²) in [6, 6.07) is 15.3. The minimum Gasteiger partial charge on any atom is -0.492 e. The lowest BCUT2D eigenvalue weighted by Crippen LogP contribution is -2.69. The molecule has 6 rings (SSSR count). The highest BCUT2D eigenvalue weighted by Crippen LogP contribution is 2.61. The number of hydrogen-bond donors (Lipinski definition) is 2. The van der Waals surface area contributed by atoms with Crippen LogP contribution in [0, 0.1) is 17.8 Å². The first kappa shape index (κ1) is 40.1. The number of nitrogens with zero attached hydrogens (tertiary/aromatic N) is 3. The van der Waals surface area contributed by atoms with Crippen molar-refractivity contribution in [1.29, 1.82) is 0 Å². The van der Waals surface area contributed by atoms with Crippen LogP contribution in [-0.2, 0) is 20.9 Å². The maximum atomic E-state index is 13.7. The van der Waals surface area contributed by atoms with Gasteiger partial charge >= 0.3 is 6.09 Å². The fraction of sp³-hybridized carbons (Fsp3) is 0.571. The molecule has 2 aliphatic carbocycles. The Bertz CT molecular complexity index is 1600. The van der Waals surface area contributed by atoms with Gasteiger partial charge in [0.1, 0.15) is 37.4 Å². The number of amides is 1. The smallest absolute Gasteiger partial charge is 0.410 e. The van der Waals surface area contributed by atoms with Crippen LogP contribution in [0.4, 0.5) is 4.79 Å². The molecule has 0 bridgehead atoms.